The predicted molar refractivity (Wildman–Crippen MR) is 85.2 cm³/mol. The van der Waals surface area contributed by atoms with Gasteiger partial charge in [-0.3, -0.25) is 9.59 Å². The van der Waals surface area contributed by atoms with Crippen molar-refractivity contribution in [2.24, 2.45) is 0 Å². The van der Waals surface area contributed by atoms with Gasteiger partial charge in [0, 0.05) is 38.6 Å². The predicted octanol–water partition coefficient (Wildman–Crippen LogP) is 1.41. The van der Waals surface area contributed by atoms with Crippen LogP contribution in [0.15, 0.2) is 30.6 Å². The smallest absolute Gasteiger partial charge is 0.257 e. The number of hydrogen-bond acceptors (Lipinski definition) is 5. The first-order chi connectivity index (χ1) is 12.1. The maximum absolute atomic E-state index is 13.6. The van der Waals surface area contributed by atoms with Crippen LogP contribution in [0, 0.1) is 11.6 Å². The largest absolute Gasteiger partial charge is 0.342 e. The van der Waals surface area contributed by atoms with Crippen molar-refractivity contribution in [2.45, 2.75) is 0 Å². The lowest BCUT2D eigenvalue weighted by Crippen LogP contribution is -2.48. The van der Waals surface area contributed by atoms with Gasteiger partial charge < -0.3 is 15.1 Å². The molecule has 25 heavy (non-hydrogen) atoms. The van der Waals surface area contributed by atoms with Crippen LogP contribution in [0.25, 0.3) is 0 Å². The number of halogens is 2. The van der Waals surface area contributed by atoms with Crippen LogP contribution in [0.5, 0.6) is 0 Å². The Morgan fingerprint density at radius 3 is 2.24 bits per heavy atom. The van der Waals surface area contributed by atoms with E-state index in [4.69, 9.17) is 0 Å². The van der Waals surface area contributed by atoms with Crippen LogP contribution in [0.4, 0.5) is 20.4 Å². The van der Waals surface area contributed by atoms with Gasteiger partial charge in [-0.1, -0.05) is 6.07 Å². The highest BCUT2D eigenvalue weighted by Crippen LogP contribution is 2.21. The molecule has 1 aromatic carbocycles. The number of amides is 2. The highest BCUT2D eigenvalue weighted by molar-refractivity contribution is 5.93. The first-order valence-electron chi connectivity index (χ1n) is 7.60. The molecular weight excluding hydrogens is 332 g/mol. The summed E-state index contributed by atoms with van der Waals surface area (Å²) in [6.07, 6.45) is 3.35. The molecule has 1 aromatic heterocycles. The third kappa shape index (κ3) is 3.70. The molecular formula is C16H15F2N5O2. The quantitative estimate of drug-likeness (QED) is 0.846. The lowest BCUT2D eigenvalue weighted by Gasteiger charge is -2.32. The fraction of sp³-hybridized carbons (Fsp3) is 0.250. The number of benzene rings is 1. The highest BCUT2D eigenvalue weighted by atomic mass is 19.1. The Bertz CT molecular complexity index is 756. The number of aromatic nitrogens is 2. The fourth-order valence-corrected chi connectivity index (χ4v) is 2.45. The molecule has 1 saturated heterocycles. The molecule has 7 nitrogen and oxygen atoms in total. The summed E-state index contributed by atoms with van der Waals surface area (Å²) >= 11 is 0. The molecule has 2 amide bonds. The van der Waals surface area contributed by atoms with Gasteiger partial charge in [-0.05, 0) is 12.1 Å². The van der Waals surface area contributed by atoms with E-state index in [0.29, 0.717) is 26.2 Å². The Morgan fingerprint density at radius 1 is 1.08 bits per heavy atom. The number of carbonyl (C=O) groups excluding carboxylic acids is 2. The number of anilines is 2. The summed E-state index contributed by atoms with van der Waals surface area (Å²) in [4.78, 5) is 34.1. The van der Waals surface area contributed by atoms with Gasteiger partial charge in [-0.15, -0.1) is 0 Å². The molecule has 130 valence electrons. The van der Waals surface area contributed by atoms with Gasteiger partial charge in [0.2, 0.25) is 12.4 Å². The zero-order valence-corrected chi connectivity index (χ0v) is 13.2. The number of piperazine rings is 1. The molecule has 0 unspecified atom stereocenters. The van der Waals surface area contributed by atoms with Crippen molar-refractivity contribution in [1.82, 2.24) is 19.8 Å². The van der Waals surface area contributed by atoms with E-state index in [1.165, 1.54) is 18.5 Å². The van der Waals surface area contributed by atoms with Crippen LogP contribution in [0.2, 0.25) is 0 Å². The molecule has 1 aliphatic heterocycles. The van der Waals surface area contributed by atoms with Crippen molar-refractivity contribution in [3.05, 3.63) is 47.8 Å². The van der Waals surface area contributed by atoms with Crippen molar-refractivity contribution in [3.63, 3.8) is 0 Å². The van der Waals surface area contributed by atoms with Gasteiger partial charge >= 0.3 is 0 Å². The maximum atomic E-state index is 13.6. The SMILES string of the molecule is O=CN1CCN(C(=O)c2cnc(Nc3c(F)cccc3F)nc2)CC1. The van der Waals surface area contributed by atoms with Crippen LogP contribution in [0.1, 0.15) is 10.4 Å². The van der Waals surface area contributed by atoms with Gasteiger partial charge in [0.15, 0.2) is 0 Å². The summed E-state index contributed by atoms with van der Waals surface area (Å²) in [5.74, 6) is -1.81. The average Bonchev–Trinajstić information content (AvgIpc) is 2.65. The Morgan fingerprint density at radius 2 is 1.68 bits per heavy atom. The molecule has 0 saturated carbocycles. The van der Waals surface area contributed by atoms with E-state index in [2.05, 4.69) is 15.3 Å². The maximum Gasteiger partial charge on any atom is 0.257 e. The molecule has 0 bridgehead atoms. The van der Waals surface area contributed by atoms with E-state index >= 15 is 0 Å². The number of nitrogens with zero attached hydrogens (tertiary/aromatic N) is 4. The number of nitrogens with one attached hydrogen (secondary N) is 1. The minimum absolute atomic E-state index is 0.0219. The first kappa shape index (κ1) is 16.7. The summed E-state index contributed by atoms with van der Waals surface area (Å²) in [5, 5.41) is 2.46. The highest BCUT2D eigenvalue weighted by Gasteiger charge is 2.22. The Kier molecular flexibility index (Phi) is 4.82. The van der Waals surface area contributed by atoms with Gasteiger partial charge in [0.05, 0.1) is 5.56 Å². The number of para-hydroxylation sites is 1. The monoisotopic (exact) mass is 347 g/mol. The van der Waals surface area contributed by atoms with Crippen LogP contribution < -0.4 is 5.32 Å². The normalized spacial score (nSPS) is 14.3. The first-order valence-corrected chi connectivity index (χ1v) is 7.60. The molecule has 1 aliphatic rings. The summed E-state index contributed by atoms with van der Waals surface area (Å²) in [5.41, 5.74) is -0.0920. The van der Waals surface area contributed by atoms with Gasteiger partial charge in [0.25, 0.3) is 5.91 Å². The third-order valence-electron chi connectivity index (χ3n) is 3.85. The van der Waals surface area contributed by atoms with Gasteiger partial charge in [-0.25, -0.2) is 18.7 Å². The van der Waals surface area contributed by atoms with Crippen LogP contribution in [-0.2, 0) is 4.79 Å². The lowest BCUT2D eigenvalue weighted by atomic mass is 10.2. The number of carbonyl (C=O) groups is 2. The van der Waals surface area contributed by atoms with Gasteiger partial charge in [0.1, 0.15) is 17.3 Å². The Hall–Kier alpha value is -3.10. The molecule has 0 atom stereocenters. The molecule has 2 heterocycles. The molecule has 0 spiro atoms. The van der Waals surface area contributed by atoms with E-state index in [1.807, 2.05) is 0 Å². The molecule has 1 fully saturated rings. The van der Waals surface area contributed by atoms with Crippen LogP contribution >= 0.6 is 0 Å². The van der Waals surface area contributed by atoms with E-state index in [9.17, 15) is 18.4 Å². The zero-order chi connectivity index (χ0) is 17.8. The van der Waals surface area contributed by atoms with Crippen molar-refractivity contribution in [2.75, 3.05) is 31.5 Å². The minimum atomic E-state index is -0.767. The summed E-state index contributed by atoms with van der Waals surface area (Å²) in [6.45, 7) is 1.81. The van der Waals surface area contributed by atoms with Gasteiger partial charge in [-0.2, -0.15) is 0 Å². The summed E-state index contributed by atoms with van der Waals surface area (Å²) in [7, 11) is 0. The number of rotatable bonds is 4. The summed E-state index contributed by atoms with van der Waals surface area (Å²) in [6, 6.07) is 3.48. The molecule has 3 rings (SSSR count). The second-order valence-electron chi connectivity index (χ2n) is 5.45. The van der Waals surface area contributed by atoms with E-state index in [0.717, 1.165) is 18.5 Å². The molecule has 1 N–H and O–H groups in total. The van der Waals surface area contributed by atoms with E-state index in [-0.39, 0.29) is 23.1 Å². The third-order valence-corrected chi connectivity index (χ3v) is 3.85. The van der Waals surface area contributed by atoms with E-state index < -0.39 is 11.6 Å². The van der Waals surface area contributed by atoms with E-state index in [1.54, 1.807) is 9.80 Å². The number of hydrogen-bond donors (Lipinski definition) is 1. The lowest BCUT2D eigenvalue weighted by molar-refractivity contribution is -0.119. The van der Waals surface area contributed by atoms with Crippen molar-refractivity contribution < 1.29 is 18.4 Å². The Labute approximate surface area is 142 Å². The molecule has 0 aliphatic carbocycles. The minimum Gasteiger partial charge on any atom is -0.342 e. The fourth-order valence-electron chi connectivity index (χ4n) is 2.45. The second-order valence-corrected chi connectivity index (χ2v) is 5.45. The van der Waals surface area contributed by atoms with Crippen molar-refractivity contribution in [1.29, 1.82) is 0 Å². The van der Waals surface area contributed by atoms with Crippen LogP contribution in [-0.4, -0.2) is 58.3 Å². The molecule has 0 radical (unpaired) electrons. The van der Waals surface area contributed by atoms with Crippen molar-refractivity contribution in [3.8, 4) is 0 Å². The second kappa shape index (κ2) is 7.20. The zero-order valence-electron chi connectivity index (χ0n) is 13.2. The van der Waals surface area contributed by atoms with Crippen molar-refractivity contribution >= 4 is 24.0 Å². The topological polar surface area (TPSA) is 78.4 Å². The molecule has 2 aromatic rings. The average molecular weight is 347 g/mol. The standard InChI is InChI=1S/C16H15F2N5O2/c17-12-2-1-3-13(18)14(12)21-16-19-8-11(9-20-16)15(25)23-6-4-22(10-24)5-7-23/h1-3,8-10H,4-7H2,(H,19,20,21). The van der Waals surface area contributed by atoms with Crippen LogP contribution in [0.3, 0.4) is 0 Å². The Balaban J connectivity index is 1.68. The molecule has 9 heteroatoms. The summed E-state index contributed by atoms with van der Waals surface area (Å²) < 4.78 is 27.2.